The molecule has 30 heavy (non-hydrogen) atoms. The molecule has 7 heteroatoms. The standard InChI is InChI=1S/C23H20N4O3/c1-4-27-21-12-17(29-3)8-9-18(21)19(13-24)22(27)15-6-5-7-16(11-15)25-23(28)20-10-14(2)30-26-20/h5-12H,4H2,1-3H3,(H,25,28). The second kappa shape index (κ2) is 7.76. The zero-order valence-electron chi connectivity index (χ0n) is 16.9. The zero-order chi connectivity index (χ0) is 21.3. The van der Waals surface area contributed by atoms with Crippen LogP contribution in [0.25, 0.3) is 22.2 Å². The fourth-order valence-electron chi connectivity index (χ4n) is 3.61. The summed E-state index contributed by atoms with van der Waals surface area (Å²) in [6.45, 7) is 4.43. The third-order valence-electron chi connectivity index (χ3n) is 4.95. The van der Waals surface area contributed by atoms with Gasteiger partial charge in [0.1, 0.15) is 17.6 Å². The number of amides is 1. The molecule has 4 aromatic rings. The van der Waals surface area contributed by atoms with Crippen LogP contribution in [0.4, 0.5) is 5.69 Å². The van der Waals surface area contributed by atoms with Crippen molar-refractivity contribution in [3.05, 3.63) is 65.5 Å². The predicted molar refractivity (Wildman–Crippen MR) is 114 cm³/mol. The van der Waals surface area contributed by atoms with Gasteiger partial charge in [-0.05, 0) is 38.1 Å². The van der Waals surface area contributed by atoms with Crippen molar-refractivity contribution in [2.24, 2.45) is 0 Å². The van der Waals surface area contributed by atoms with Gasteiger partial charge in [-0.25, -0.2) is 0 Å². The van der Waals surface area contributed by atoms with E-state index in [9.17, 15) is 10.1 Å². The van der Waals surface area contributed by atoms with Crippen LogP contribution >= 0.6 is 0 Å². The van der Waals surface area contributed by atoms with Crippen LogP contribution in [0.5, 0.6) is 5.75 Å². The van der Waals surface area contributed by atoms with Crippen molar-refractivity contribution < 1.29 is 14.1 Å². The first kappa shape index (κ1) is 19.3. The molecule has 4 rings (SSSR count). The zero-order valence-corrected chi connectivity index (χ0v) is 16.9. The van der Waals surface area contributed by atoms with Gasteiger partial charge in [0.25, 0.3) is 5.91 Å². The highest BCUT2D eigenvalue weighted by Crippen LogP contribution is 2.36. The minimum Gasteiger partial charge on any atom is -0.497 e. The van der Waals surface area contributed by atoms with Crippen molar-refractivity contribution in [3.63, 3.8) is 0 Å². The molecule has 1 N–H and O–H groups in total. The maximum absolute atomic E-state index is 12.4. The van der Waals surface area contributed by atoms with E-state index in [4.69, 9.17) is 9.26 Å². The van der Waals surface area contributed by atoms with Crippen molar-refractivity contribution in [3.8, 4) is 23.1 Å². The summed E-state index contributed by atoms with van der Waals surface area (Å²) < 4.78 is 12.4. The molecule has 2 aromatic heterocycles. The van der Waals surface area contributed by atoms with E-state index in [-0.39, 0.29) is 11.6 Å². The normalized spacial score (nSPS) is 10.7. The number of hydrogen-bond donors (Lipinski definition) is 1. The summed E-state index contributed by atoms with van der Waals surface area (Å²) in [5.74, 6) is 0.940. The Balaban J connectivity index is 1.80. The average molecular weight is 400 g/mol. The van der Waals surface area contributed by atoms with E-state index in [0.29, 0.717) is 23.6 Å². The molecule has 150 valence electrons. The van der Waals surface area contributed by atoms with Crippen LogP contribution < -0.4 is 10.1 Å². The SMILES string of the molecule is CCn1c(-c2cccc(NC(=O)c3cc(C)on3)c2)c(C#N)c2ccc(OC)cc21. The maximum atomic E-state index is 12.4. The topological polar surface area (TPSA) is 93.1 Å². The van der Waals surface area contributed by atoms with Crippen LogP contribution in [0.1, 0.15) is 28.7 Å². The van der Waals surface area contributed by atoms with Gasteiger partial charge in [0.05, 0.1) is 23.9 Å². The number of hydrogen-bond acceptors (Lipinski definition) is 5. The van der Waals surface area contributed by atoms with Gasteiger partial charge in [-0.2, -0.15) is 5.26 Å². The molecule has 1 amide bonds. The Morgan fingerprint density at radius 2 is 2.10 bits per heavy atom. The molecular formula is C23H20N4O3. The third kappa shape index (κ3) is 3.29. The Bertz CT molecular complexity index is 1290. The number of aromatic nitrogens is 2. The number of benzene rings is 2. The molecule has 2 aromatic carbocycles. The van der Waals surface area contributed by atoms with Crippen molar-refractivity contribution in [2.75, 3.05) is 12.4 Å². The molecule has 0 saturated carbocycles. The lowest BCUT2D eigenvalue weighted by Gasteiger charge is -2.11. The van der Waals surface area contributed by atoms with Crippen molar-refractivity contribution in [1.82, 2.24) is 9.72 Å². The predicted octanol–water partition coefficient (Wildman–Crippen LogP) is 4.76. The van der Waals surface area contributed by atoms with Crippen molar-refractivity contribution in [2.45, 2.75) is 20.4 Å². The molecule has 0 aliphatic heterocycles. The minimum absolute atomic E-state index is 0.213. The molecule has 0 aliphatic carbocycles. The number of nitriles is 1. The van der Waals surface area contributed by atoms with E-state index in [1.165, 1.54) is 0 Å². The molecule has 0 saturated heterocycles. The lowest BCUT2D eigenvalue weighted by molar-refractivity contribution is 0.101. The smallest absolute Gasteiger partial charge is 0.277 e. The summed E-state index contributed by atoms with van der Waals surface area (Å²) in [6.07, 6.45) is 0. The fourth-order valence-corrected chi connectivity index (χ4v) is 3.61. The van der Waals surface area contributed by atoms with Crippen molar-refractivity contribution in [1.29, 1.82) is 5.26 Å². The largest absolute Gasteiger partial charge is 0.497 e. The number of carbonyl (C=O) groups excluding carboxylic acids is 1. The van der Waals surface area contributed by atoms with Gasteiger partial charge < -0.3 is 19.1 Å². The van der Waals surface area contributed by atoms with Gasteiger partial charge in [-0.1, -0.05) is 17.3 Å². The Hall–Kier alpha value is -4.05. The van der Waals surface area contributed by atoms with Gasteiger partial charge in [-0.15, -0.1) is 0 Å². The number of nitrogens with one attached hydrogen (secondary N) is 1. The van der Waals surface area contributed by atoms with Gasteiger partial charge in [-0.3, -0.25) is 4.79 Å². The van der Waals surface area contributed by atoms with Crippen LogP contribution in [0.2, 0.25) is 0 Å². The Kier molecular flexibility index (Phi) is 4.98. The van der Waals surface area contributed by atoms with E-state index >= 15 is 0 Å². The average Bonchev–Trinajstić information content (AvgIpc) is 3.34. The molecule has 7 nitrogen and oxygen atoms in total. The molecule has 0 spiro atoms. The number of anilines is 1. The monoisotopic (exact) mass is 400 g/mol. The number of methoxy groups -OCH3 is 1. The fraction of sp³-hybridized carbons (Fsp3) is 0.174. The summed E-state index contributed by atoms with van der Waals surface area (Å²) >= 11 is 0. The number of ether oxygens (including phenoxy) is 1. The first-order valence-electron chi connectivity index (χ1n) is 9.51. The molecule has 2 heterocycles. The molecule has 0 aliphatic rings. The molecule has 0 radical (unpaired) electrons. The number of aryl methyl sites for hydroxylation is 2. The van der Waals surface area contributed by atoms with Crippen LogP contribution in [-0.2, 0) is 6.54 Å². The van der Waals surface area contributed by atoms with Gasteiger partial charge in [0.2, 0.25) is 0 Å². The molecular weight excluding hydrogens is 380 g/mol. The number of nitrogens with zero attached hydrogens (tertiary/aromatic N) is 3. The minimum atomic E-state index is -0.356. The summed E-state index contributed by atoms with van der Waals surface area (Å²) in [7, 11) is 1.62. The number of rotatable bonds is 5. The van der Waals surface area contributed by atoms with Crippen LogP contribution in [0.3, 0.4) is 0 Å². The Labute approximate surface area is 173 Å². The Morgan fingerprint density at radius 3 is 2.77 bits per heavy atom. The Morgan fingerprint density at radius 1 is 1.27 bits per heavy atom. The summed E-state index contributed by atoms with van der Waals surface area (Å²) in [5.41, 5.74) is 3.97. The molecule has 0 atom stereocenters. The highest BCUT2D eigenvalue weighted by molar-refractivity contribution is 6.03. The van der Waals surface area contributed by atoms with Crippen LogP contribution in [0, 0.1) is 18.3 Å². The summed E-state index contributed by atoms with van der Waals surface area (Å²) in [4.78, 5) is 12.4. The molecule has 0 unspecified atom stereocenters. The first-order valence-corrected chi connectivity index (χ1v) is 9.51. The second-order valence-electron chi connectivity index (χ2n) is 6.82. The molecule has 0 fully saturated rings. The second-order valence-corrected chi connectivity index (χ2v) is 6.82. The number of fused-ring (bicyclic) bond motifs is 1. The van der Waals surface area contributed by atoms with E-state index in [1.807, 2.05) is 43.3 Å². The highest BCUT2D eigenvalue weighted by Gasteiger charge is 2.19. The quantitative estimate of drug-likeness (QED) is 0.521. The van der Waals surface area contributed by atoms with E-state index in [2.05, 4.69) is 21.1 Å². The van der Waals surface area contributed by atoms with Gasteiger partial charge in [0.15, 0.2) is 5.69 Å². The van der Waals surface area contributed by atoms with Gasteiger partial charge in [0, 0.05) is 35.3 Å². The van der Waals surface area contributed by atoms with E-state index in [1.54, 1.807) is 26.2 Å². The van der Waals surface area contributed by atoms with Crippen LogP contribution in [-0.4, -0.2) is 22.7 Å². The summed E-state index contributed by atoms with van der Waals surface area (Å²) in [5, 5.41) is 17.3. The first-order chi connectivity index (χ1) is 14.5. The number of carbonyl (C=O) groups is 1. The third-order valence-corrected chi connectivity index (χ3v) is 4.95. The lowest BCUT2D eigenvalue weighted by Crippen LogP contribution is -2.12. The van der Waals surface area contributed by atoms with E-state index < -0.39 is 0 Å². The molecule has 0 bridgehead atoms. The van der Waals surface area contributed by atoms with Crippen LogP contribution in [0.15, 0.2) is 53.1 Å². The van der Waals surface area contributed by atoms with Crippen molar-refractivity contribution >= 4 is 22.5 Å². The highest BCUT2D eigenvalue weighted by atomic mass is 16.5. The lowest BCUT2D eigenvalue weighted by atomic mass is 10.1. The summed E-state index contributed by atoms with van der Waals surface area (Å²) in [6, 6.07) is 17.0. The maximum Gasteiger partial charge on any atom is 0.277 e. The van der Waals surface area contributed by atoms with E-state index in [0.717, 1.165) is 27.9 Å². The van der Waals surface area contributed by atoms with Gasteiger partial charge >= 0.3 is 0 Å².